The summed E-state index contributed by atoms with van der Waals surface area (Å²) in [5.74, 6) is -0.452. The minimum absolute atomic E-state index is 0.00667. The molecule has 0 aliphatic carbocycles. The number of benzene rings is 1. The third-order valence-electron chi connectivity index (χ3n) is 2.33. The van der Waals surface area contributed by atoms with Gasteiger partial charge in [0.15, 0.2) is 0 Å². The van der Waals surface area contributed by atoms with E-state index >= 15 is 0 Å². The normalized spacial score (nSPS) is 10.7. The maximum absolute atomic E-state index is 12.3. The van der Waals surface area contributed by atoms with Crippen LogP contribution < -0.4 is 0 Å². The fourth-order valence-electron chi connectivity index (χ4n) is 1.54. The van der Waals surface area contributed by atoms with Crippen molar-refractivity contribution in [2.24, 2.45) is 0 Å². The number of amides is 1. The Morgan fingerprint density at radius 2 is 2.17 bits per heavy atom. The summed E-state index contributed by atoms with van der Waals surface area (Å²) in [5, 5.41) is 9.24. The van der Waals surface area contributed by atoms with Gasteiger partial charge in [0, 0.05) is 11.6 Å². The molecule has 0 bridgehead atoms. The highest BCUT2D eigenvalue weighted by Gasteiger charge is 2.17. The largest absolute Gasteiger partial charge is 0.395 e. The molecule has 1 N–H and O–H groups in total. The molecule has 0 aromatic heterocycles. The van der Waals surface area contributed by atoms with Crippen LogP contribution in [0.4, 0.5) is 8.78 Å². The molecule has 0 heterocycles. The number of carbonyl (C=O) groups excluding carboxylic acids is 1. The smallest absolute Gasteiger partial charge is 0.255 e. The summed E-state index contributed by atoms with van der Waals surface area (Å²) in [6.07, 6.45) is -2.62. The van der Waals surface area contributed by atoms with Crippen LogP contribution >= 0.6 is 11.6 Å². The van der Waals surface area contributed by atoms with Crippen molar-refractivity contribution < 1.29 is 18.7 Å². The Morgan fingerprint density at radius 3 is 2.72 bits per heavy atom. The van der Waals surface area contributed by atoms with Crippen molar-refractivity contribution in [3.05, 3.63) is 34.9 Å². The Hall–Kier alpha value is -1.20. The molecular weight excluding hydrogens is 264 g/mol. The van der Waals surface area contributed by atoms with Gasteiger partial charge in [-0.25, -0.2) is 8.78 Å². The third kappa shape index (κ3) is 4.98. The first-order valence-corrected chi connectivity index (χ1v) is 5.82. The second kappa shape index (κ2) is 7.28. The van der Waals surface area contributed by atoms with Crippen molar-refractivity contribution in [3.8, 4) is 0 Å². The fraction of sp³-hybridized carbons (Fsp3) is 0.417. The van der Waals surface area contributed by atoms with E-state index < -0.39 is 18.9 Å². The molecule has 0 radical (unpaired) electrons. The number of halogens is 3. The van der Waals surface area contributed by atoms with Crippen LogP contribution in [0, 0.1) is 0 Å². The maximum atomic E-state index is 12.3. The number of aliphatic hydroxyl groups excluding tert-OH is 1. The summed E-state index contributed by atoms with van der Waals surface area (Å²) in [6, 6.07) is 6.66. The highest BCUT2D eigenvalue weighted by Crippen LogP contribution is 2.12. The maximum Gasteiger partial charge on any atom is 0.255 e. The van der Waals surface area contributed by atoms with E-state index in [0.29, 0.717) is 10.6 Å². The Morgan fingerprint density at radius 1 is 1.44 bits per heavy atom. The first-order chi connectivity index (χ1) is 8.52. The highest BCUT2D eigenvalue weighted by molar-refractivity contribution is 6.30. The molecule has 3 nitrogen and oxygen atoms in total. The average molecular weight is 278 g/mol. The van der Waals surface area contributed by atoms with Crippen LogP contribution in [0.15, 0.2) is 24.3 Å². The molecule has 1 aromatic rings. The quantitative estimate of drug-likeness (QED) is 0.864. The van der Waals surface area contributed by atoms with E-state index in [2.05, 4.69) is 0 Å². The Labute approximate surface area is 109 Å². The van der Waals surface area contributed by atoms with E-state index in [1.807, 2.05) is 0 Å². The number of hydrogen-bond donors (Lipinski definition) is 1. The second-order valence-electron chi connectivity index (χ2n) is 3.76. The van der Waals surface area contributed by atoms with E-state index in [1.54, 1.807) is 24.3 Å². The molecule has 0 fully saturated rings. The van der Waals surface area contributed by atoms with Crippen LogP contribution in [0.3, 0.4) is 0 Å². The van der Waals surface area contributed by atoms with Crippen molar-refractivity contribution in [2.45, 2.75) is 12.8 Å². The number of hydrogen-bond acceptors (Lipinski definition) is 2. The molecule has 0 spiro atoms. The van der Waals surface area contributed by atoms with Crippen LogP contribution in [0.25, 0.3) is 0 Å². The minimum Gasteiger partial charge on any atom is -0.395 e. The standard InChI is InChI=1S/C12H14ClF2NO2/c13-10-3-1-2-9(6-10)7-12(18)16(4-5-17)8-11(14)15/h1-3,6,11,17H,4-5,7-8H2. The van der Waals surface area contributed by atoms with Crippen LogP contribution in [-0.4, -0.2) is 42.0 Å². The summed E-state index contributed by atoms with van der Waals surface area (Å²) in [6.45, 7) is -1.10. The topological polar surface area (TPSA) is 40.5 Å². The molecule has 0 atom stereocenters. The Kier molecular flexibility index (Phi) is 6.01. The number of carbonyl (C=O) groups is 1. The van der Waals surface area contributed by atoms with E-state index in [9.17, 15) is 13.6 Å². The molecule has 6 heteroatoms. The van der Waals surface area contributed by atoms with Crippen molar-refractivity contribution in [1.82, 2.24) is 4.90 Å². The molecular formula is C12H14ClF2NO2. The summed E-state index contributed by atoms with van der Waals surface area (Å²) >= 11 is 5.77. The number of aliphatic hydroxyl groups is 1. The lowest BCUT2D eigenvalue weighted by Crippen LogP contribution is -2.38. The molecule has 0 aliphatic rings. The lowest BCUT2D eigenvalue weighted by molar-refractivity contribution is -0.133. The Bertz CT molecular complexity index is 401. The van der Waals surface area contributed by atoms with Gasteiger partial charge in [0.25, 0.3) is 6.43 Å². The third-order valence-corrected chi connectivity index (χ3v) is 2.56. The van der Waals surface area contributed by atoms with Gasteiger partial charge >= 0.3 is 0 Å². The van der Waals surface area contributed by atoms with Gasteiger partial charge in [-0.1, -0.05) is 23.7 Å². The predicted octanol–water partition coefficient (Wildman–Crippen LogP) is 1.97. The van der Waals surface area contributed by atoms with Crippen molar-refractivity contribution in [2.75, 3.05) is 19.7 Å². The van der Waals surface area contributed by atoms with E-state index in [4.69, 9.17) is 16.7 Å². The molecule has 0 saturated heterocycles. The first-order valence-electron chi connectivity index (χ1n) is 5.44. The molecule has 1 rings (SSSR count). The monoisotopic (exact) mass is 277 g/mol. The number of rotatable bonds is 6. The molecule has 0 saturated carbocycles. The summed E-state index contributed by atoms with van der Waals surface area (Å²) in [7, 11) is 0. The average Bonchev–Trinajstić information content (AvgIpc) is 2.27. The Balaban J connectivity index is 2.66. The number of nitrogens with zero attached hydrogens (tertiary/aromatic N) is 1. The molecule has 18 heavy (non-hydrogen) atoms. The predicted molar refractivity (Wildman–Crippen MR) is 64.8 cm³/mol. The van der Waals surface area contributed by atoms with Crippen molar-refractivity contribution in [1.29, 1.82) is 0 Å². The van der Waals surface area contributed by atoms with Crippen molar-refractivity contribution >= 4 is 17.5 Å². The molecule has 1 aromatic carbocycles. The zero-order valence-electron chi connectivity index (χ0n) is 9.65. The lowest BCUT2D eigenvalue weighted by Gasteiger charge is -2.21. The van der Waals surface area contributed by atoms with Crippen molar-refractivity contribution in [3.63, 3.8) is 0 Å². The van der Waals surface area contributed by atoms with Gasteiger partial charge in [0.05, 0.1) is 19.6 Å². The van der Waals surface area contributed by atoms with Gasteiger partial charge in [0.2, 0.25) is 5.91 Å². The zero-order valence-corrected chi connectivity index (χ0v) is 10.4. The highest BCUT2D eigenvalue weighted by atomic mass is 35.5. The van der Waals surface area contributed by atoms with E-state index in [0.717, 1.165) is 4.90 Å². The van der Waals surface area contributed by atoms with Gasteiger partial charge in [-0.05, 0) is 17.7 Å². The van der Waals surface area contributed by atoms with Crippen LogP contribution in [-0.2, 0) is 11.2 Å². The fourth-order valence-corrected chi connectivity index (χ4v) is 1.75. The summed E-state index contributed by atoms with van der Waals surface area (Å²) < 4.78 is 24.5. The molecule has 100 valence electrons. The summed E-state index contributed by atoms with van der Waals surface area (Å²) in [4.78, 5) is 12.7. The number of alkyl halides is 2. The molecule has 0 unspecified atom stereocenters. The van der Waals surface area contributed by atoms with Crippen LogP contribution in [0.1, 0.15) is 5.56 Å². The van der Waals surface area contributed by atoms with Crippen LogP contribution in [0.5, 0.6) is 0 Å². The molecule has 0 aliphatic heterocycles. The first kappa shape index (κ1) is 14.9. The van der Waals surface area contributed by atoms with Crippen LogP contribution in [0.2, 0.25) is 5.02 Å². The van der Waals surface area contributed by atoms with Gasteiger partial charge in [-0.2, -0.15) is 0 Å². The van der Waals surface area contributed by atoms with Gasteiger partial charge < -0.3 is 10.0 Å². The van der Waals surface area contributed by atoms with Gasteiger partial charge in [-0.3, -0.25) is 4.79 Å². The lowest BCUT2D eigenvalue weighted by atomic mass is 10.1. The van der Waals surface area contributed by atoms with Gasteiger partial charge in [-0.15, -0.1) is 0 Å². The summed E-state index contributed by atoms with van der Waals surface area (Å²) in [5.41, 5.74) is 0.657. The zero-order chi connectivity index (χ0) is 13.5. The minimum atomic E-state index is -2.61. The second-order valence-corrected chi connectivity index (χ2v) is 4.20. The van der Waals surface area contributed by atoms with E-state index in [1.165, 1.54) is 0 Å². The SMILES string of the molecule is O=C(Cc1cccc(Cl)c1)N(CCO)CC(F)F. The van der Waals surface area contributed by atoms with Gasteiger partial charge in [0.1, 0.15) is 0 Å². The van der Waals surface area contributed by atoms with E-state index in [-0.39, 0.29) is 19.6 Å². The molecule has 1 amide bonds.